The van der Waals surface area contributed by atoms with Gasteiger partial charge in [0.2, 0.25) is 6.41 Å². The number of amides is 1. The minimum Gasteiger partial charge on any atom is -0.329 e. The lowest BCUT2D eigenvalue weighted by Crippen LogP contribution is -2.15. The van der Waals surface area contributed by atoms with Crippen molar-refractivity contribution < 1.29 is 4.79 Å². The van der Waals surface area contributed by atoms with Crippen molar-refractivity contribution in [2.75, 3.05) is 0 Å². The highest BCUT2D eigenvalue weighted by atomic mass is 16.1. The Hall–Kier alpha value is -1.31. The van der Waals surface area contributed by atoms with Gasteiger partial charge in [-0.2, -0.15) is 0 Å². The molecule has 0 unspecified atom stereocenters. The van der Waals surface area contributed by atoms with E-state index >= 15 is 0 Å². The molecule has 0 saturated heterocycles. The zero-order valence-electron chi connectivity index (χ0n) is 9.71. The summed E-state index contributed by atoms with van der Waals surface area (Å²) >= 11 is 0. The summed E-state index contributed by atoms with van der Waals surface area (Å²) in [5, 5.41) is 2.79. The number of rotatable bonds is 4. The van der Waals surface area contributed by atoms with Gasteiger partial charge in [-0.3, -0.25) is 4.79 Å². The molecule has 0 atom stereocenters. The molecule has 0 aliphatic heterocycles. The Balaban J connectivity index is 2.99. The van der Waals surface area contributed by atoms with E-state index in [-0.39, 0.29) is 5.41 Å². The second kappa shape index (κ2) is 4.96. The van der Waals surface area contributed by atoms with Gasteiger partial charge < -0.3 is 5.32 Å². The largest absolute Gasteiger partial charge is 0.329 e. The molecular formula is C13H19NO. The lowest BCUT2D eigenvalue weighted by molar-refractivity contribution is -0.108. The van der Waals surface area contributed by atoms with Crippen molar-refractivity contribution in [3.8, 4) is 0 Å². The normalized spacial score (nSPS) is 18.9. The van der Waals surface area contributed by atoms with Gasteiger partial charge in [0, 0.05) is 11.1 Å². The minimum absolute atomic E-state index is 0.00264. The van der Waals surface area contributed by atoms with E-state index in [0.717, 1.165) is 24.9 Å². The summed E-state index contributed by atoms with van der Waals surface area (Å²) in [5.41, 5.74) is 2.14. The van der Waals surface area contributed by atoms with Gasteiger partial charge >= 0.3 is 0 Å². The lowest BCUT2D eigenvalue weighted by atomic mass is 9.91. The highest BCUT2D eigenvalue weighted by Gasteiger charge is 2.15. The first kappa shape index (κ1) is 11.8. The van der Waals surface area contributed by atoms with Crippen LogP contribution in [0.5, 0.6) is 0 Å². The van der Waals surface area contributed by atoms with Crippen LogP contribution in [-0.4, -0.2) is 6.41 Å². The third kappa shape index (κ3) is 3.39. The van der Waals surface area contributed by atoms with E-state index in [1.807, 2.05) is 0 Å². The Bertz CT molecular complexity index is 321. The van der Waals surface area contributed by atoms with Gasteiger partial charge in [0.1, 0.15) is 0 Å². The van der Waals surface area contributed by atoms with E-state index in [2.05, 4.69) is 50.4 Å². The molecule has 15 heavy (non-hydrogen) atoms. The van der Waals surface area contributed by atoms with Crippen molar-refractivity contribution in [1.29, 1.82) is 0 Å². The highest BCUT2D eigenvalue weighted by molar-refractivity contribution is 5.55. The molecule has 0 aromatic rings. The molecule has 0 fully saturated rings. The van der Waals surface area contributed by atoms with Crippen molar-refractivity contribution in [3.05, 3.63) is 35.6 Å². The summed E-state index contributed by atoms with van der Waals surface area (Å²) in [6.07, 6.45) is 11.2. The van der Waals surface area contributed by atoms with Crippen molar-refractivity contribution in [2.24, 2.45) is 5.41 Å². The number of hydrogen-bond donors (Lipinski definition) is 1. The molecule has 2 heteroatoms. The van der Waals surface area contributed by atoms with Crippen LogP contribution in [0.3, 0.4) is 0 Å². The Morgan fingerprint density at radius 1 is 1.47 bits per heavy atom. The topological polar surface area (TPSA) is 29.1 Å². The first-order valence-electron chi connectivity index (χ1n) is 5.41. The monoisotopic (exact) mass is 205 g/mol. The molecule has 1 amide bonds. The van der Waals surface area contributed by atoms with Gasteiger partial charge in [-0.15, -0.1) is 0 Å². The summed E-state index contributed by atoms with van der Waals surface area (Å²) < 4.78 is 0. The minimum atomic E-state index is -0.00264. The smallest absolute Gasteiger partial charge is 0.211 e. The molecule has 0 heterocycles. The van der Waals surface area contributed by atoms with Gasteiger partial charge in [-0.25, -0.2) is 0 Å². The highest BCUT2D eigenvalue weighted by Crippen LogP contribution is 2.27. The molecule has 0 radical (unpaired) electrons. The molecule has 82 valence electrons. The molecule has 1 rings (SSSR count). The zero-order chi connectivity index (χ0) is 11.3. The predicted molar refractivity (Wildman–Crippen MR) is 63.2 cm³/mol. The van der Waals surface area contributed by atoms with Crippen LogP contribution in [0.4, 0.5) is 0 Å². The molecule has 0 saturated carbocycles. The molecule has 1 aliphatic carbocycles. The fourth-order valence-corrected chi connectivity index (χ4v) is 1.70. The Morgan fingerprint density at radius 2 is 2.20 bits per heavy atom. The van der Waals surface area contributed by atoms with Gasteiger partial charge in [0.05, 0.1) is 0 Å². The Kier molecular flexibility index (Phi) is 3.89. The number of hydrogen-bond acceptors (Lipinski definition) is 1. The second-order valence-electron chi connectivity index (χ2n) is 4.44. The number of carbonyl (C=O) groups is 1. The van der Waals surface area contributed by atoms with Crippen LogP contribution in [-0.2, 0) is 4.79 Å². The summed E-state index contributed by atoms with van der Waals surface area (Å²) in [6.45, 7) is 6.39. The van der Waals surface area contributed by atoms with Gasteiger partial charge in [0.15, 0.2) is 0 Å². The van der Waals surface area contributed by atoms with Crippen molar-refractivity contribution in [1.82, 2.24) is 5.32 Å². The Labute approximate surface area is 91.8 Å². The maximum absolute atomic E-state index is 10.5. The summed E-state index contributed by atoms with van der Waals surface area (Å²) in [4.78, 5) is 10.5. The van der Waals surface area contributed by atoms with E-state index in [1.165, 1.54) is 5.57 Å². The van der Waals surface area contributed by atoms with Crippen molar-refractivity contribution in [2.45, 2.75) is 33.6 Å². The third-order valence-electron chi connectivity index (χ3n) is 2.42. The van der Waals surface area contributed by atoms with E-state index in [4.69, 9.17) is 0 Å². The quantitative estimate of drug-likeness (QED) is 0.702. The number of nitrogens with one attached hydrogen (secondary N) is 1. The molecule has 0 aromatic carbocycles. The van der Waals surface area contributed by atoms with Crippen LogP contribution in [0.15, 0.2) is 35.6 Å². The third-order valence-corrected chi connectivity index (χ3v) is 2.42. The SMILES string of the molecule is CCCC1=CC=CC(C)(C)C=C1NC=O. The van der Waals surface area contributed by atoms with E-state index in [9.17, 15) is 4.79 Å². The molecule has 0 spiro atoms. The summed E-state index contributed by atoms with van der Waals surface area (Å²) in [6, 6.07) is 0. The zero-order valence-corrected chi connectivity index (χ0v) is 9.71. The van der Waals surface area contributed by atoms with Gasteiger partial charge in [-0.1, -0.05) is 51.5 Å². The molecule has 0 bridgehead atoms. The maximum atomic E-state index is 10.5. The van der Waals surface area contributed by atoms with Crippen LogP contribution < -0.4 is 5.32 Å². The summed E-state index contributed by atoms with van der Waals surface area (Å²) in [7, 11) is 0. The maximum Gasteiger partial charge on any atom is 0.211 e. The van der Waals surface area contributed by atoms with Crippen molar-refractivity contribution in [3.63, 3.8) is 0 Å². The lowest BCUT2D eigenvalue weighted by Gasteiger charge is -2.16. The van der Waals surface area contributed by atoms with E-state index in [0.29, 0.717) is 0 Å². The fourth-order valence-electron chi connectivity index (χ4n) is 1.70. The molecular weight excluding hydrogens is 186 g/mol. The van der Waals surface area contributed by atoms with Gasteiger partial charge in [0.25, 0.3) is 0 Å². The molecule has 0 aromatic heterocycles. The molecule has 1 N–H and O–H groups in total. The molecule has 2 nitrogen and oxygen atoms in total. The Morgan fingerprint density at radius 3 is 2.80 bits per heavy atom. The predicted octanol–water partition coefficient (Wildman–Crippen LogP) is 2.94. The van der Waals surface area contributed by atoms with E-state index < -0.39 is 0 Å². The van der Waals surface area contributed by atoms with Crippen molar-refractivity contribution >= 4 is 6.41 Å². The van der Waals surface area contributed by atoms with Crippen LogP contribution in [0.2, 0.25) is 0 Å². The fraction of sp³-hybridized carbons (Fsp3) is 0.462. The van der Waals surface area contributed by atoms with Crippen LogP contribution in [0.1, 0.15) is 33.6 Å². The standard InChI is InChI=1S/C13H19NO/c1-4-6-11-7-5-8-13(2,3)9-12(11)14-10-15/h5,7-10H,4,6H2,1-3H3,(H,14,15). The average molecular weight is 205 g/mol. The van der Waals surface area contributed by atoms with E-state index in [1.54, 1.807) is 0 Å². The van der Waals surface area contributed by atoms with Gasteiger partial charge in [-0.05, 0) is 12.0 Å². The second-order valence-corrected chi connectivity index (χ2v) is 4.44. The number of carbonyl (C=O) groups excluding carboxylic acids is 1. The number of allylic oxidation sites excluding steroid dienone is 5. The van der Waals surface area contributed by atoms with Crippen LogP contribution in [0, 0.1) is 5.41 Å². The van der Waals surface area contributed by atoms with Crippen LogP contribution in [0.25, 0.3) is 0 Å². The molecule has 1 aliphatic rings. The first-order chi connectivity index (χ1) is 7.09. The van der Waals surface area contributed by atoms with Crippen LogP contribution >= 0.6 is 0 Å². The first-order valence-corrected chi connectivity index (χ1v) is 5.41. The average Bonchev–Trinajstić information content (AvgIpc) is 2.27. The summed E-state index contributed by atoms with van der Waals surface area (Å²) in [5.74, 6) is 0.